The summed E-state index contributed by atoms with van der Waals surface area (Å²) in [5, 5.41) is 6.94. The molecule has 4 nitrogen and oxygen atoms in total. The molecular formula is C18H14N2O2S. The van der Waals surface area contributed by atoms with Crippen molar-refractivity contribution in [3.63, 3.8) is 0 Å². The van der Waals surface area contributed by atoms with Gasteiger partial charge in [-0.05, 0) is 30.7 Å². The number of carbonyl (C=O) groups excluding carboxylic acids is 1. The number of nitrogens with one attached hydrogen (secondary N) is 1. The fraction of sp³-hybridized carbons (Fsp3) is 0.111. The van der Waals surface area contributed by atoms with Crippen LogP contribution < -0.4 is 5.32 Å². The highest BCUT2D eigenvalue weighted by Gasteiger charge is 2.28. The van der Waals surface area contributed by atoms with E-state index >= 15 is 0 Å². The minimum atomic E-state index is -0.232. The third kappa shape index (κ3) is 2.43. The molecule has 1 amide bonds. The number of hydrogen-bond acceptors (Lipinski definition) is 4. The average molecular weight is 322 g/mol. The van der Waals surface area contributed by atoms with Crippen molar-refractivity contribution in [1.29, 1.82) is 0 Å². The summed E-state index contributed by atoms with van der Waals surface area (Å²) in [6.07, 6.45) is 0. The van der Waals surface area contributed by atoms with Crippen molar-refractivity contribution in [2.75, 3.05) is 5.32 Å². The first-order valence-corrected chi connectivity index (χ1v) is 8.30. The second kappa shape index (κ2) is 5.59. The molecule has 0 radical (unpaired) electrons. The maximum Gasteiger partial charge on any atom is 0.278 e. The molecule has 2 heterocycles. The Morgan fingerprint density at radius 2 is 1.96 bits per heavy atom. The van der Waals surface area contributed by atoms with Crippen molar-refractivity contribution in [2.45, 2.75) is 17.6 Å². The van der Waals surface area contributed by atoms with Gasteiger partial charge in [-0.3, -0.25) is 4.79 Å². The minimum Gasteiger partial charge on any atom is -0.355 e. The van der Waals surface area contributed by atoms with Crippen molar-refractivity contribution in [2.24, 2.45) is 0 Å². The molecule has 1 aromatic heterocycles. The predicted molar refractivity (Wildman–Crippen MR) is 90.6 cm³/mol. The molecule has 0 spiro atoms. The molecule has 0 unspecified atom stereocenters. The van der Waals surface area contributed by atoms with E-state index in [2.05, 4.69) is 16.5 Å². The molecule has 114 valence electrons. The number of fused-ring (bicyclic) bond motifs is 3. The number of amides is 1. The van der Waals surface area contributed by atoms with E-state index in [4.69, 9.17) is 4.52 Å². The fourth-order valence-corrected chi connectivity index (χ4v) is 3.72. The molecule has 3 aromatic rings. The lowest BCUT2D eigenvalue weighted by Gasteiger charge is -2.14. The quantitative estimate of drug-likeness (QED) is 0.754. The van der Waals surface area contributed by atoms with Crippen LogP contribution in [0.5, 0.6) is 0 Å². The van der Waals surface area contributed by atoms with Gasteiger partial charge >= 0.3 is 0 Å². The summed E-state index contributed by atoms with van der Waals surface area (Å²) in [7, 11) is 0. The molecule has 1 aliphatic heterocycles. The molecule has 0 fully saturated rings. The first kappa shape index (κ1) is 14.1. The summed E-state index contributed by atoms with van der Waals surface area (Å²) < 4.78 is 5.48. The zero-order chi connectivity index (χ0) is 15.8. The topological polar surface area (TPSA) is 55.1 Å². The molecule has 1 N–H and O–H groups in total. The molecule has 5 heteroatoms. The zero-order valence-electron chi connectivity index (χ0n) is 12.5. The van der Waals surface area contributed by atoms with Crippen molar-refractivity contribution >= 4 is 23.4 Å². The van der Waals surface area contributed by atoms with Gasteiger partial charge in [-0.15, -0.1) is 11.8 Å². The van der Waals surface area contributed by atoms with E-state index < -0.39 is 0 Å². The normalized spacial score (nSPS) is 12.4. The summed E-state index contributed by atoms with van der Waals surface area (Å²) in [5.41, 5.74) is 4.03. The van der Waals surface area contributed by atoms with E-state index in [0.29, 0.717) is 17.2 Å². The number of hydrogen-bond donors (Lipinski definition) is 1. The Balaban J connectivity index is 1.69. The van der Waals surface area contributed by atoms with Crippen LogP contribution in [0.4, 0.5) is 5.69 Å². The number of anilines is 1. The van der Waals surface area contributed by atoms with Gasteiger partial charge < -0.3 is 9.84 Å². The number of nitrogens with zero attached hydrogens (tertiary/aromatic N) is 1. The summed E-state index contributed by atoms with van der Waals surface area (Å²) in [4.78, 5) is 13.7. The Kier molecular flexibility index (Phi) is 3.42. The monoisotopic (exact) mass is 322 g/mol. The Labute approximate surface area is 137 Å². The van der Waals surface area contributed by atoms with Gasteiger partial charge in [-0.2, -0.15) is 0 Å². The van der Waals surface area contributed by atoms with Gasteiger partial charge in [-0.25, -0.2) is 0 Å². The second-order valence-corrected chi connectivity index (χ2v) is 6.41. The highest BCUT2D eigenvalue weighted by molar-refractivity contribution is 7.98. The summed E-state index contributed by atoms with van der Waals surface area (Å²) in [6, 6.07) is 15.7. The van der Waals surface area contributed by atoms with E-state index in [0.717, 1.165) is 27.3 Å². The number of carbonyl (C=O) groups is 1. The maximum absolute atomic E-state index is 12.6. The van der Waals surface area contributed by atoms with Gasteiger partial charge in [0.1, 0.15) is 0 Å². The van der Waals surface area contributed by atoms with Crippen molar-refractivity contribution in [1.82, 2.24) is 5.16 Å². The molecule has 0 bridgehead atoms. The van der Waals surface area contributed by atoms with Crippen molar-refractivity contribution in [3.05, 3.63) is 65.4 Å². The largest absolute Gasteiger partial charge is 0.355 e. The molecular weight excluding hydrogens is 308 g/mol. The van der Waals surface area contributed by atoms with Crippen molar-refractivity contribution < 1.29 is 9.32 Å². The van der Waals surface area contributed by atoms with E-state index in [9.17, 15) is 4.79 Å². The molecule has 0 aliphatic carbocycles. The lowest BCUT2D eigenvalue weighted by molar-refractivity contribution is 0.101. The van der Waals surface area contributed by atoms with Gasteiger partial charge in [0.2, 0.25) is 0 Å². The predicted octanol–water partition coefficient (Wildman–Crippen LogP) is 4.51. The number of rotatable bonds is 2. The van der Waals surface area contributed by atoms with Crippen LogP contribution in [-0.2, 0) is 5.75 Å². The van der Waals surface area contributed by atoms with Crippen LogP contribution in [0.1, 0.15) is 21.6 Å². The summed E-state index contributed by atoms with van der Waals surface area (Å²) >= 11 is 1.70. The fourth-order valence-electron chi connectivity index (χ4n) is 2.66. The van der Waals surface area contributed by atoms with Gasteiger partial charge in [-0.1, -0.05) is 35.5 Å². The molecule has 1 aliphatic rings. The van der Waals surface area contributed by atoms with Crippen molar-refractivity contribution in [3.8, 4) is 11.3 Å². The standard InChI is InChI=1S/C18H14N2O2S/c1-11-6-2-4-8-14(11)19-18(21)16-13-10-23-15-9-5-3-7-12(15)17(13)22-20-16/h2-9H,10H2,1H3,(H,19,21). The third-order valence-corrected chi connectivity index (χ3v) is 5.00. The van der Waals surface area contributed by atoms with Crippen LogP contribution in [0.3, 0.4) is 0 Å². The molecule has 0 saturated carbocycles. The molecule has 4 rings (SSSR count). The van der Waals surface area contributed by atoms with Crippen LogP contribution in [0.15, 0.2) is 57.9 Å². The number of benzene rings is 2. The maximum atomic E-state index is 12.6. The third-order valence-electron chi connectivity index (χ3n) is 3.90. The minimum absolute atomic E-state index is 0.232. The molecule has 2 aromatic carbocycles. The van der Waals surface area contributed by atoms with Crippen LogP contribution >= 0.6 is 11.8 Å². The number of para-hydroxylation sites is 1. The summed E-state index contributed by atoms with van der Waals surface area (Å²) in [6.45, 7) is 1.96. The first-order valence-electron chi connectivity index (χ1n) is 7.32. The Bertz CT molecular complexity index is 902. The van der Waals surface area contributed by atoms with Gasteiger partial charge in [0.25, 0.3) is 5.91 Å². The highest BCUT2D eigenvalue weighted by atomic mass is 32.2. The van der Waals surface area contributed by atoms with Crippen LogP contribution in [0, 0.1) is 6.92 Å². The zero-order valence-corrected chi connectivity index (χ0v) is 13.3. The molecule has 0 atom stereocenters. The smallest absolute Gasteiger partial charge is 0.278 e. The molecule has 0 saturated heterocycles. The lowest BCUT2D eigenvalue weighted by atomic mass is 10.1. The van der Waals surface area contributed by atoms with Gasteiger partial charge in [0.05, 0.1) is 0 Å². The Morgan fingerprint density at radius 1 is 1.17 bits per heavy atom. The average Bonchev–Trinajstić information content (AvgIpc) is 3.01. The highest BCUT2D eigenvalue weighted by Crippen LogP contribution is 2.42. The SMILES string of the molecule is Cc1ccccc1NC(=O)c1noc2c1CSc1ccccc1-2. The Hall–Kier alpha value is -2.53. The van der Waals surface area contributed by atoms with Crippen LogP contribution in [-0.4, -0.2) is 11.1 Å². The van der Waals surface area contributed by atoms with E-state index in [-0.39, 0.29) is 5.91 Å². The van der Waals surface area contributed by atoms with Gasteiger partial charge in [0.15, 0.2) is 11.5 Å². The van der Waals surface area contributed by atoms with E-state index in [1.165, 1.54) is 0 Å². The first-order chi connectivity index (χ1) is 11.2. The number of aryl methyl sites for hydroxylation is 1. The molecule has 23 heavy (non-hydrogen) atoms. The van der Waals surface area contributed by atoms with E-state index in [1.807, 2.05) is 49.4 Å². The van der Waals surface area contributed by atoms with E-state index in [1.54, 1.807) is 11.8 Å². The van der Waals surface area contributed by atoms with Gasteiger partial charge in [0, 0.05) is 27.5 Å². The number of aromatic nitrogens is 1. The second-order valence-electron chi connectivity index (χ2n) is 5.39. The van der Waals surface area contributed by atoms with Crippen LogP contribution in [0.25, 0.3) is 11.3 Å². The lowest BCUT2D eigenvalue weighted by Crippen LogP contribution is -2.15. The number of thioether (sulfide) groups is 1. The van der Waals surface area contributed by atoms with Crippen LogP contribution in [0.2, 0.25) is 0 Å². The Morgan fingerprint density at radius 3 is 2.83 bits per heavy atom. The summed E-state index contributed by atoms with van der Waals surface area (Å²) in [5.74, 6) is 1.16.